The Morgan fingerprint density at radius 2 is 2.00 bits per heavy atom. The fourth-order valence-corrected chi connectivity index (χ4v) is 2.28. The second-order valence-electron chi connectivity index (χ2n) is 5.10. The van der Waals surface area contributed by atoms with E-state index in [0.717, 1.165) is 28.0 Å². The summed E-state index contributed by atoms with van der Waals surface area (Å²) in [5, 5.41) is 3.27. The highest BCUT2D eigenvalue weighted by Crippen LogP contribution is 2.28. The van der Waals surface area contributed by atoms with Crippen molar-refractivity contribution in [2.45, 2.75) is 39.7 Å². The van der Waals surface area contributed by atoms with Gasteiger partial charge in [-0.25, -0.2) is 0 Å². The Labute approximate surface area is 109 Å². The summed E-state index contributed by atoms with van der Waals surface area (Å²) in [6.07, 6.45) is 2.40. The predicted octanol–water partition coefficient (Wildman–Crippen LogP) is 2.56. The number of hydrogen-bond donors (Lipinski definition) is 1. The average Bonchev–Trinajstić information content (AvgIpc) is 3.15. The van der Waals surface area contributed by atoms with E-state index in [-0.39, 0.29) is 5.78 Å². The van der Waals surface area contributed by atoms with Gasteiger partial charge in [0.15, 0.2) is 5.78 Å². The molecule has 0 aromatic heterocycles. The Hall–Kier alpha value is -1.35. The van der Waals surface area contributed by atoms with E-state index in [0.29, 0.717) is 12.6 Å². The highest BCUT2D eigenvalue weighted by molar-refractivity contribution is 5.99. The summed E-state index contributed by atoms with van der Waals surface area (Å²) in [4.78, 5) is 12.2. The topological polar surface area (TPSA) is 38.3 Å². The lowest BCUT2D eigenvalue weighted by Gasteiger charge is -2.15. The average molecular weight is 247 g/mol. The lowest BCUT2D eigenvalue weighted by molar-refractivity contribution is 0.0989. The number of nitrogens with one attached hydrogen (secondary N) is 1. The molecule has 18 heavy (non-hydrogen) atoms. The van der Waals surface area contributed by atoms with Crippen LogP contribution in [0.25, 0.3) is 0 Å². The fourth-order valence-electron chi connectivity index (χ4n) is 2.28. The maximum absolute atomic E-state index is 12.2. The van der Waals surface area contributed by atoms with Gasteiger partial charge in [0.25, 0.3) is 0 Å². The summed E-state index contributed by atoms with van der Waals surface area (Å²) in [5.41, 5.74) is 3.93. The van der Waals surface area contributed by atoms with E-state index in [1.54, 1.807) is 7.11 Å². The van der Waals surface area contributed by atoms with E-state index in [2.05, 4.69) is 5.32 Å². The fraction of sp³-hybridized carbons (Fsp3) is 0.533. The smallest absolute Gasteiger partial charge is 0.176 e. The first-order valence-electron chi connectivity index (χ1n) is 6.46. The van der Waals surface area contributed by atoms with E-state index in [9.17, 15) is 4.79 Å². The second kappa shape index (κ2) is 5.11. The lowest BCUT2D eigenvalue weighted by atomic mass is 9.96. The summed E-state index contributed by atoms with van der Waals surface area (Å²) in [6.45, 7) is 6.42. The van der Waals surface area contributed by atoms with Crippen LogP contribution in [0.4, 0.5) is 0 Å². The molecule has 0 spiro atoms. The van der Waals surface area contributed by atoms with Crippen LogP contribution in [0.5, 0.6) is 5.75 Å². The summed E-state index contributed by atoms with van der Waals surface area (Å²) < 4.78 is 5.37. The molecule has 0 unspecified atom stereocenters. The molecule has 1 aromatic carbocycles. The Kier molecular flexibility index (Phi) is 3.71. The van der Waals surface area contributed by atoms with Crippen molar-refractivity contribution in [3.05, 3.63) is 28.3 Å². The van der Waals surface area contributed by atoms with E-state index in [4.69, 9.17) is 4.74 Å². The van der Waals surface area contributed by atoms with Crippen LogP contribution in [-0.2, 0) is 0 Å². The first-order valence-corrected chi connectivity index (χ1v) is 6.46. The zero-order valence-electron chi connectivity index (χ0n) is 11.6. The van der Waals surface area contributed by atoms with Crippen LogP contribution in [0.1, 0.15) is 39.9 Å². The van der Waals surface area contributed by atoms with Crippen LogP contribution in [0.15, 0.2) is 6.07 Å². The van der Waals surface area contributed by atoms with Crippen LogP contribution < -0.4 is 10.1 Å². The molecule has 3 heteroatoms. The summed E-state index contributed by atoms with van der Waals surface area (Å²) in [7, 11) is 1.67. The molecule has 0 amide bonds. The van der Waals surface area contributed by atoms with Crippen molar-refractivity contribution in [2.24, 2.45) is 0 Å². The van der Waals surface area contributed by atoms with Crippen LogP contribution >= 0.6 is 0 Å². The zero-order chi connectivity index (χ0) is 13.3. The molecule has 1 aliphatic rings. The van der Waals surface area contributed by atoms with E-state index in [1.807, 2.05) is 26.8 Å². The van der Waals surface area contributed by atoms with Crippen molar-refractivity contribution >= 4 is 5.78 Å². The van der Waals surface area contributed by atoms with Crippen molar-refractivity contribution in [3.63, 3.8) is 0 Å². The second-order valence-corrected chi connectivity index (χ2v) is 5.10. The standard InChI is InChI=1S/C15H21NO2/c1-9-7-13(10(2)11(3)15(9)18-4)14(17)8-16-12-5-6-12/h7,12,16H,5-6,8H2,1-4H3. The maximum Gasteiger partial charge on any atom is 0.176 e. The van der Waals surface area contributed by atoms with Gasteiger partial charge in [-0.2, -0.15) is 0 Å². The van der Waals surface area contributed by atoms with Crippen LogP contribution in [0.3, 0.4) is 0 Å². The first-order chi connectivity index (χ1) is 8.54. The van der Waals surface area contributed by atoms with Gasteiger partial charge in [-0.15, -0.1) is 0 Å². The predicted molar refractivity (Wildman–Crippen MR) is 72.6 cm³/mol. The van der Waals surface area contributed by atoms with Crippen LogP contribution in [0.2, 0.25) is 0 Å². The largest absolute Gasteiger partial charge is 0.496 e. The Balaban J connectivity index is 2.23. The number of ether oxygens (including phenoxy) is 1. The van der Waals surface area contributed by atoms with Gasteiger partial charge in [-0.3, -0.25) is 4.79 Å². The van der Waals surface area contributed by atoms with E-state index >= 15 is 0 Å². The molecule has 0 bridgehead atoms. The number of benzene rings is 1. The molecule has 0 heterocycles. The van der Waals surface area contributed by atoms with Crippen molar-refractivity contribution in [1.82, 2.24) is 5.32 Å². The monoisotopic (exact) mass is 247 g/mol. The van der Waals surface area contributed by atoms with Gasteiger partial charge in [0.05, 0.1) is 13.7 Å². The molecule has 3 nitrogen and oxygen atoms in total. The minimum Gasteiger partial charge on any atom is -0.496 e. The number of rotatable bonds is 5. The number of carbonyl (C=O) groups excluding carboxylic acids is 1. The molecule has 0 radical (unpaired) electrons. The highest BCUT2D eigenvalue weighted by Gasteiger charge is 2.22. The van der Waals surface area contributed by atoms with Crippen molar-refractivity contribution < 1.29 is 9.53 Å². The van der Waals surface area contributed by atoms with Gasteiger partial charge in [0, 0.05) is 11.6 Å². The van der Waals surface area contributed by atoms with Crippen molar-refractivity contribution in [1.29, 1.82) is 0 Å². The Morgan fingerprint density at radius 3 is 2.56 bits per heavy atom. The summed E-state index contributed by atoms with van der Waals surface area (Å²) in [5.74, 6) is 1.06. The molecule has 0 saturated heterocycles. The number of methoxy groups -OCH3 is 1. The number of Topliss-reactive ketones (excluding diaryl/α,β-unsaturated/α-hetero) is 1. The van der Waals surface area contributed by atoms with E-state index in [1.165, 1.54) is 12.8 Å². The van der Waals surface area contributed by atoms with Gasteiger partial charge in [-0.1, -0.05) is 0 Å². The van der Waals surface area contributed by atoms with E-state index < -0.39 is 0 Å². The third-order valence-electron chi connectivity index (χ3n) is 3.66. The molecule has 0 aliphatic heterocycles. The molecular formula is C15H21NO2. The normalized spacial score (nSPS) is 14.7. The molecular weight excluding hydrogens is 226 g/mol. The molecule has 0 atom stereocenters. The molecule has 1 N–H and O–H groups in total. The number of hydrogen-bond acceptors (Lipinski definition) is 3. The number of carbonyl (C=O) groups is 1. The third-order valence-corrected chi connectivity index (χ3v) is 3.66. The number of ketones is 1. The minimum atomic E-state index is 0.174. The SMILES string of the molecule is COc1c(C)cc(C(=O)CNC2CC2)c(C)c1C. The molecule has 1 saturated carbocycles. The van der Waals surface area contributed by atoms with Gasteiger partial charge >= 0.3 is 0 Å². The quantitative estimate of drug-likeness (QED) is 0.813. The lowest BCUT2D eigenvalue weighted by Crippen LogP contribution is -2.25. The van der Waals surface area contributed by atoms with Crippen molar-refractivity contribution in [2.75, 3.05) is 13.7 Å². The van der Waals surface area contributed by atoms with Crippen LogP contribution in [-0.4, -0.2) is 25.5 Å². The van der Waals surface area contributed by atoms with Gasteiger partial charge in [-0.05, 0) is 56.4 Å². The third kappa shape index (κ3) is 2.56. The molecule has 1 aliphatic carbocycles. The molecule has 1 fully saturated rings. The van der Waals surface area contributed by atoms with Gasteiger partial charge < -0.3 is 10.1 Å². The number of aryl methyl sites for hydroxylation is 1. The molecule has 2 rings (SSSR count). The highest BCUT2D eigenvalue weighted by atomic mass is 16.5. The molecule has 98 valence electrons. The van der Waals surface area contributed by atoms with Crippen molar-refractivity contribution in [3.8, 4) is 5.75 Å². The van der Waals surface area contributed by atoms with Crippen LogP contribution in [0, 0.1) is 20.8 Å². The minimum absolute atomic E-state index is 0.174. The summed E-state index contributed by atoms with van der Waals surface area (Å²) >= 11 is 0. The zero-order valence-corrected chi connectivity index (χ0v) is 11.6. The van der Waals surface area contributed by atoms with Gasteiger partial charge in [0.1, 0.15) is 5.75 Å². The van der Waals surface area contributed by atoms with Gasteiger partial charge in [0.2, 0.25) is 0 Å². The first kappa shape index (κ1) is 13.1. The Bertz CT molecular complexity index is 476. The molecule has 1 aromatic rings. The Morgan fingerprint density at radius 1 is 1.33 bits per heavy atom. The summed E-state index contributed by atoms with van der Waals surface area (Å²) in [6, 6.07) is 2.51. The maximum atomic E-state index is 12.2.